The summed E-state index contributed by atoms with van der Waals surface area (Å²) in [5.74, 6) is 0.863. The molecule has 1 aliphatic heterocycles. The van der Waals surface area contributed by atoms with Gasteiger partial charge in [0.25, 0.3) is 5.91 Å². The van der Waals surface area contributed by atoms with Crippen LogP contribution in [0.5, 0.6) is 11.6 Å². The SMILES string of the molecule is CC1CCN(C(=O)c2ccc(NC(=O)NCc3cccnc3Oc3cccc(F)c3)cc2)CC1. The van der Waals surface area contributed by atoms with E-state index in [0.29, 0.717) is 28.5 Å². The molecule has 4 rings (SSSR count). The Bertz CT molecular complexity index is 1140. The van der Waals surface area contributed by atoms with E-state index in [1.165, 1.54) is 12.1 Å². The van der Waals surface area contributed by atoms with E-state index in [-0.39, 0.29) is 18.3 Å². The van der Waals surface area contributed by atoms with Gasteiger partial charge in [0.05, 0.1) is 0 Å². The van der Waals surface area contributed by atoms with Gasteiger partial charge in [0, 0.05) is 48.7 Å². The van der Waals surface area contributed by atoms with Crippen LogP contribution in [0.4, 0.5) is 14.9 Å². The largest absolute Gasteiger partial charge is 0.439 e. The number of ether oxygens (including phenoxy) is 1. The highest BCUT2D eigenvalue weighted by atomic mass is 19.1. The van der Waals surface area contributed by atoms with E-state index in [1.807, 2.05) is 4.90 Å². The minimum atomic E-state index is -0.412. The summed E-state index contributed by atoms with van der Waals surface area (Å²) in [6, 6.07) is 15.7. The smallest absolute Gasteiger partial charge is 0.319 e. The van der Waals surface area contributed by atoms with Gasteiger partial charge in [-0.15, -0.1) is 0 Å². The van der Waals surface area contributed by atoms with Crippen molar-refractivity contribution in [2.75, 3.05) is 18.4 Å². The van der Waals surface area contributed by atoms with Gasteiger partial charge in [-0.25, -0.2) is 14.2 Å². The molecule has 0 aliphatic carbocycles. The van der Waals surface area contributed by atoms with Crippen LogP contribution in [0.15, 0.2) is 66.9 Å². The van der Waals surface area contributed by atoms with Crippen LogP contribution >= 0.6 is 0 Å². The Hall–Kier alpha value is -3.94. The lowest BCUT2D eigenvalue weighted by Crippen LogP contribution is -2.37. The molecule has 2 heterocycles. The van der Waals surface area contributed by atoms with Gasteiger partial charge in [-0.1, -0.05) is 19.1 Å². The van der Waals surface area contributed by atoms with Crippen molar-refractivity contribution in [3.05, 3.63) is 83.8 Å². The number of halogens is 1. The van der Waals surface area contributed by atoms with E-state index >= 15 is 0 Å². The number of hydrogen-bond donors (Lipinski definition) is 2. The zero-order valence-corrected chi connectivity index (χ0v) is 19.0. The van der Waals surface area contributed by atoms with Crippen molar-refractivity contribution in [2.24, 2.45) is 5.92 Å². The third-order valence-corrected chi connectivity index (χ3v) is 5.76. The monoisotopic (exact) mass is 462 g/mol. The number of anilines is 1. The summed E-state index contributed by atoms with van der Waals surface area (Å²) in [6.45, 7) is 3.93. The summed E-state index contributed by atoms with van der Waals surface area (Å²) in [4.78, 5) is 31.1. The Morgan fingerprint density at radius 1 is 1.09 bits per heavy atom. The van der Waals surface area contributed by atoms with Gasteiger partial charge in [-0.3, -0.25) is 4.79 Å². The van der Waals surface area contributed by atoms with E-state index < -0.39 is 11.8 Å². The second kappa shape index (κ2) is 10.8. The Labute approximate surface area is 198 Å². The number of carbonyl (C=O) groups excluding carboxylic acids is 2. The molecule has 0 spiro atoms. The summed E-state index contributed by atoms with van der Waals surface area (Å²) >= 11 is 0. The lowest BCUT2D eigenvalue weighted by molar-refractivity contribution is 0.0697. The molecule has 3 amide bonds. The van der Waals surface area contributed by atoms with Crippen LogP contribution in [0, 0.1) is 11.7 Å². The molecular formula is C26H27FN4O3. The van der Waals surface area contributed by atoms with Crippen molar-refractivity contribution in [1.82, 2.24) is 15.2 Å². The van der Waals surface area contributed by atoms with Crippen molar-refractivity contribution >= 4 is 17.6 Å². The van der Waals surface area contributed by atoms with Crippen LogP contribution in [0.25, 0.3) is 0 Å². The van der Waals surface area contributed by atoms with Crippen molar-refractivity contribution in [1.29, 1.82) is 0 Å². The quantitative estimate of drug-likeness (QED) is 0.527. The minimum Gasteiger partial charge on any atom is -0.439 e. The van der Waals surface area contributed by atoms with Crippen molar-refractivity contribution < 1.29 is 18.7 Å². The van der Waals surface area contributed by atoms with Gasteiger partial charge in [0.2, 0.25) is 5.88 Å². The van der Waals surface area contributed by atoms with E-state index in [1.54, 1.807) is 54.7 Å². The fourth-order valence-electron chi connectivity index (χ4n) is 3.73. The highest BCUT2D eigenvalue weighted by Crippen LogP contribution is 2.23. The number of likely N-dealkylation sites (tertiary alicyclic amines) is 1. The summed E-state index contributed by atoms with van der Waals surface area (Å²) in [7, 11) is 0. The Kier molecular flexibility index (Phi) is 7.37. The van der Waals surface area contributed by atoms with E-state index in [0.717, 1.165) is 25.9 Å². The number of nitrogens with one attached hydrogen (secondary N) is 2. The molecule has 2 aromatic carbocycles. The summed E-state index contributed by atoms with van der Waals surface area (Å²) in [5, 5.41) is 5.51. The third kappa shape index (κ3) is 6.10. The molecule has 1 saturated heterocycles. The first-order valence-electron chi connectivity index (χ1n) is 11.3. The molecule has 8 heteroatoms. The highest BCUT2D eigenvalue weighted by Gasteiger charge is 2.21. The molecular weight excluding hydrogens is 435 g/mol. The molecule has 2 N–H and O–H groups in total. The maximum absolute atomic E-state index is 13.4. The molecule has 7 nitrogen and oxygen atoms in total. The van der Waals surface area contributed by atoms with Gasteiger partial charge in [0.15, 0.2) is 0 Å². The second-order valence-electron chi connectivity index (χ2n) is 8.39. The molecule has 0 atom stereocenters. The molecule has 176 valence electrons. The maximum atomic E-state index is 13.4. The zero-order valence-electron chi connectivity index (χ0n) is 19.0. The first-order chi connectivity index (χ1) is 16.5. The Morgan fingerprint density at radius 3 is 2.59 bits per heavy atom. The number of amides is 3. The van der Waals surface area contributed by atoms with Crippen LogP contribution in [0.2, 0.25) is 0 Å². The summed E-state index contributed by atoms with van der Waals surface area (Å²) < 4.78 is 19.1. The number of urea groups is 1. The first-order valence-corrected chi connectivity index (χ1v) is 11.3. The van der Waals surface area contributed by atoms with Crippen LogP contribution in [0.1, 0.15) is 35.7 Å². The van der Waals surface area contributed by atoms with Crippen molar-refractivity contribution in [2.45, 2.75) is 26.3 Å². The minimum absolute atomic E-state index is 0.0188. The average molecular weight is 463 g/mol. The van der Waals surface area contributed by atoms with Crippen LogP contribution in [-0.4, -0.2) is 34.9 Å². The van der Waals surface area contributed by atoms with Gasteiger partial charge in [0.1, 0.15) is 11.6 Å². The zero-order chi connectivity index (χ0) is 23.9. The molecule has 3 aromatic rings. The molecule has 1 aromatic heterocycles. The van der Waals surface area contributed by atoms with E-state index in [4.69, 9.17) is 4.74 Å². The standard InChI is InChI=1S/C26H27FN4O3/c1-18-11-14-31(15-12-18)25(32)19-7-9-22(10-8-19)30-26(33)29-17-20-4-3-13-28-24(20)34-23-6-2-5-21(27)16-23/h2-10,13,16,18H,11-12,14-15,17H2,1H3,(H2,29,30,33). The number of nitrogens with zero attached hydrogens (tertiary/aromatic N) is 2. The van der Waals surface area contributed by atoms with Crippen molar-refractivity contribution in [3.63, 3.8) is 0 Å². The van der Waals surface area contributed by atoms with Gasteiger partial charge in [-0.05, 0) is 61.2 Å². The number of rotatable bonds is 6. The Morgan fingerprint density at radius 2 is 1.85 bits per heavy atom. The normalized spacial score (nSPS) is 13.9. The fraction of sp³-hybridized carbons (Fsp3) is 0.269. The van der Waals surface area contributed by atoms with Crippen LogP contribution in [-0.2, 0) is 6.54 Å². The van der Waals surface area contributed by atoms with E-state index in [2.05, 4.69) is 22.5 Å². The molecule has 0 bridgehead atoms. The topological polar surface area (TPSA) is 83.6 Å². The predicted octanol–water partition coefficient (Wildman–Crippen LogP) is 5.21. The maximum Gasteiger partial charge on any atom is 0.319 e. The molecule has 1 fully saturated rings. The van der Waals surface area contributed by atoms with Gasteiger partial charge >= 0.3 is 6.03 Å². The fourth-order valence-corrected chi connectivity index (χ4v) is 3.73. The Balaban J connectivity index is 1.31. The predicted molar refractivity (Wildman–Crippen MR) is 127 cm³/mol. The molecule has 0 unspecified atom stereocenters. The second-order valence-corrected chi connectivity index (χ2v) is 8.39. The van der Waals surface area contributed by atoms with Crippen LogP contribution < -0.4 is 15.4 Å². The van der Waals surface area contributed by atoms with Gasteiger partial charge in [-0.2, -0.15) is 0 Å². The van der Waals surface area contributed by atoms with E-state index in [9.17, 15) is 14.0 Å². The number of hydrogen-bond acceptors (Lipinski definition) is 4. The molecule has 34 heavy (non-hydrogen) atoms. The third-order valence-electron chi connectivity index (χ3n) is 5.76. The van der Waals surface area contributed by atoms with Crippen LogP contribution in [0.3, 0.4) is 0 Å². The number of benzene rings is 2. The molecule has 0 saturated carbocycles. The lowest BCUT2D eigenvalue weighted by Gasteiger charge is -2.30. The molecule has 0 radical (unpaired) electrons. The number of carbonyl (C=O) groups is 2. The van der Waals surface area contributed by atoms with Crippen molar-refractivity contribution in [3.8, 4) is 11.6 Å². The highest BCUT2D eigenvalue weighted by molar-refractivity contribution is 5.95. The number of piperidine rings is 1. The lowest BCUT2D eigenvalue weighted by atomic mass is 9.98. The number of aromatic nitrogens is 1. The molecule has 1 aliphatic rings. The number of pyridine rings is 1. The summed E-state index contributed by atoms with van der Waals surface area (Å²) in [5.41, 5.74) is 1.82. The van der Waals surface area contributed by atoms with Gasteiger partial charge < -0.3 is 20.3 Å². The first kappa shape index (κ1) is 23.2. The average Bonchev–Trinajstić information content (AvgIpc) is 2.84. The summed E-state index contributed by atoms with van der Waals surface area (Å²) in [6.07, 6.45) is 3.61.